The molecular formula is C13H8ClF3N2O2. The Balaban J connectivity index is 2.34. The van der Waals surface area contributed by atoms with Crippen LogP contribution in [0.3, 0.4) is 0 Å². The highest BCUT2D eigenvalue weighted by atomic mass is 35.5. The molecule has 0 unspecified atom stereocenters. The van der Waals surface area contributed by atoms with Gasteiger partial charge in [0.1, 0.15) is 5.56 Å². The van der Waals surface area contributed by atoms with Crippen molar-refractivity contribution in [2.75, 3.05) is 5.32 Å². The van der Waals surface area contributed by atoms with Gasteiger partial charge in [-0.05, 0) is 18.2 Å². The molecule has 4 nitrogen and oxygen atoms in total. The summed E-state index contributed by atoms with van der Waals surface area (Å²) in [6.07, 6.45) is -2.08. The van der Waals surface area contributed by atoms with E-state index in [-0.39, 0.29) is 16.3 Å². The number of hydrogen-bond donors (Lipinski definition) is 2. The zero-order valence-electron chi connectivity index (χ0n) is 10.3. The Morgan fingerprint density at radius 2 is 1.95 bits per heavy atom. The molecule has 2 rings (SSSR count). The number of halogens is 4. The summed E-state index contributed by atoms with van der Waals surface area (Å²) in [5, 5.41) is 2.12. The summed E-state index contributed by atoms with van der Waals surface area (Å²) in [5.41, 5.74) is -1.97. The van der Waals surface area contributed by atoms with E-state index in [2.05, 4.69) is 10.3 Å². The molecule has 0 aliphatic rings. The standard InChI is InChI=1S/C13H8ClF3N2O2/c14-9-2-1-7(13(15,16)17)5-10(9)19-12(21)8-6-18-4-3-11(8)20/h1-6H,(H,18,20)(H,19,21). The number of hydrogen-bond acceptors (Lipinski definition) is 2. The van der Waals surface area contributed by atoms with Gasteiger partial charge in [0.2, 0.25) is 0 Å². The molecule has 1 amide bonds. The number of aromatic amines is 1. The Labute approximate surface area is 121 Å². The number of H-pyrrole nitrogens is 1. The van der Waals surface area contributed by atoms with Crippen LogP contribution in [0.2, 0.25) is 5.02 Å². The molecule has 0 saturated carbocycles. The highest BCUT2D eigenvalue weighted by Crippen LogP contribution is 2.33. The number of carbonyl (C=O) groups excluding carboxylic acids is 1. The van der Waals surface area contributed by atoms with Crippen LogP contribution in [0, 0.1) is 0 Å². The van der Waals surface area contributed by atoms with E-state index in [9.17, 15) is 22.8 Å². The Hall–Kier alpha value is -2.28. The maximum absolute atomic E-state index is 12.6. The van der Waals surface area contributed by atoms with E-state index in [1.165, 1.54) is 6.20 Å². The monoisotopic (exact) mass is 316 g/mol. The van der Waals surface area contributed by atoms with Gasteiger partial charge in [0.25, 0.3) is 5.91 Å². The van der Waals surface area contributed by atoms with Crippen molar-refractivity contribution in [3.8, 4) is 0 Å². The molecule has 0 radical (unpaired) electrons. The zero-order valence-corrected chi connectivity index (χ0v) is 11.0. The number of nitrogens with one attached hydrogen (secondary N) is 2. The normalized spacial score (nSPS) is 11.2. The van der Waals surface area contributed by atoms with Crippen molar-refractivity contribution < 1.29 is 18.0 Å². The molecule has 0 aliphatic heterocycles. The van der Waals surface area contributed by atoms with Gasteiger partial charge in [-0.1, -0.05) is 11.6 Å². The molecule has 1 heterocycles. The van der Waals surface area contributed by atoms with Gasteiger partial charge < -0.3 is 10.3 Å². The number of anilines is 1. The van der Waals surface area contributed by atoms with E-state index >= 15 is 0 Å². The van der Waals surface area contributed by atoms with Crippen molar-refractivity contribution in [1.29, 1.82) is 0 Å². The number of aromatic nitrogens is 1. The molecule has 0 bridgehead atoms. The van der Waals surface area contributed by atoms with Crippen LogP contribution in [0.25, 0.3) is 0 Å². The van der Waals surface area contributed by atoms with Gasteiger partial charge in [0, 0.05) is 18.5 Å². The Bertz CT molecular complexity index is 741. The number of rotatable bonds is 2. The lowest BCUT2D eigenvalue weighted by Crippen LogP contribution is -2.21. The van der Waals surface area contributed by atoms with Crippen LogP contribution < -0.4 is 10.7 Å². The lowest BCUT2D eigenvalue weighted by molar-refractivity contribution is -0.137. The molecule has 2 N–H and O–H groups in total. The first kappa shape index (κ1) is 15.1. The highest BCUT2D eigenvalue weighted by Gasteiger charge is 2.31. The van der Waals surface area contributed by atoms with Gasteiger partial charge in [-0.15, -0.1) is 0 Å². The van der Waals surface area contributed by atoms with Crippen molar-refractivity contribution in [2.45, 2.75) is 6.18 Å². The van der Waals surface area contributed by atoms with Crippen LogP contribution in [-0.2, 0) is 6.18 Å². The van der Waals surface area contributed by atoms with Gasteiger partial charge in [-0.25, -0.2) is 0 Å². The zero-order chi connectivity index (χ0) is 15.6. The van der Waals surface area contributed by atoms with Crippen molar-refractivity contribution in [2.24, 2.45) is 0 Å². The quantitative estimate of drug-likeness (QED) is 0.893. The van der Waals surface area contributed by atoms with Crippen LogP contribution >= 0.6 is 11.6 Å². The summed E-state index contributed by atoms with van der Waals surface area (Å²) in [6, 6.07) is 3.66. The van der Waals surface area contributed by atoms with Crippen LogP contribution in [0.15, 0.2) is 41.5 Å². The van der Waals surface area contributed by atoms with E-state index in [4.69, 9.17) is 11.6 Å². The first-order chi connectivity index (χ1) is 9.79. The highest BCUT2D eigenvalue weighted by molar-refractivity contribution is 6.34. The van der Waals surface area contributed by atoms with Crippen molar-refractivity contribution >= 4 is 23.2 Å². The third kappa shape index (κ3) is 3.43. The van der Waals surface area contributed by atoms with Gasteiger partial charge >= 0.3 is 6.18 Å². The van der Waals surface area contributed by atoms with Crippen LogP contribution in [0.4, 0.5) is 18.9 Å². The Morgan fingerprint density at radius 1 is 1.24 bits per heavy atom. The average Bonchev–Trinajstić information content (AvgIpc) is 2.40. The first-order valence-corrected chi connectivity index (χ1v) is 6.02. The lowest BCUT2D eigenvalue weighted by Gasteiger charge is -2.11. The van der Waals surface area contributed by atoms with Crippen LogP contribution in [0.1, 0.15) is 15.9 Å². The second kappa shape index (κ2) is 5.61. The molecule has 2 aromatic rings. The summed E-state index contributed by atoms with van der Waals surface area (Å²) in [5.74, 6) is -0.849. The predicted molar refractivity (Wildman–Crippen MR) is 71.5 cm³/mol. The van der Waals surface area contributed by atoms with Crippen molar-refractivity contribution in [1.82, 2.24) is 4.98 Å². The Morgan fingerprint density at radius 3 is 2.57 bits per heavy atom. The molecule has 8 heteroatoms. The molecule has 0 saturated heterocycles. The largest absolute Gasteiger partial charge is 0.416 e. The minimum absolute atomic E-state index is 0.0660. The second-order valence-corrected chi connectivity index (χ2v) is 4.48. The second-order valence-electron chi connectivity index (χ2n) is 4.07. The third-order valence-corrected chi connectivity index (χ3v) is 2.94. The fourth-order valence-electron chi connectivity index (χ4n) is 1.58. The smallest absolute Gasteiger partial charge is 0.367 e. The minimum atomic E-state index is -4.56. The molecule has 110 valence electrons. The first-order valence-electron chi connectivity index (χ1n) is 5.64. The molecule has 1 aromatic heterocycles. The number of alkyl halides is 3. The topological polar surface area (TPSA) is 62.0 Å². The molecule has 1 aromatic carbocycles. The summed E-state index contributed by atoms with van der Waals surface area (Å²) in [7, 11) is 0. The summed E-state index contributed by atoms with van der Waals surface area (Å²) < 4.78 is 37.8. The molecule has 21 heavy (non-hydrogen) atoms. The maximum atomic E-state index is 12.6. The third-order valence-electron chi connectivity index (χ3n) is 2.61. The van der Waals surface area contributed by atoms with E-state index in [0.29, 0.717) is 6.07 Å². The summed E-state index contributed by atoms with van der Waals surface area (Å²) >= 11 is 5.75. The fraction of sp³-hybridized carbons (Fsp3) is 0.0769. The molecule has 0 fully saturated rings. The van der Waals surface area contributed by atoms with Crippen molar-refractivity contribution in [3.63, 3.8) is 0 Å². The maximum Gasteiger partial charge on any atom is 0.416 e. The van der Waals surface area contributed by atoms with E-state index in [1.807, 2.05) is 0 Å². The molecular weight excluding hydrogens is 309 g/mol. The number of amides is 1. The minimum Gasteiger partial charge on any atom is -0.367 e. The number of benzene rings is 1. The number of carbonyl (C=O) groups is 1. The van der Waals surface area contributed by atoms with Crippen molar-refractivity contribution in [3.05, 3.63) is 63.0 Å². The average molecular weight is 317 g/mol. The van der Waals surface area contributed by atoms with Crippen LogP contribution in [0.5, 0.6) is 0 Å². The van der Waals surface area contributed by atoms with Gasteiger partial charge in [-0.2, -0.15) is 13.2 Å². The molecule has 0 spiro atoms. The lowest BCUT2D eigenvalue weighted by atomic mass is 10.2. The summed E-state index contributed by atoms with van der Waals surface area (Å²) in [4.78, 5) is 25.9. The van der Waals surface area contributed by atoms with Gasteiger partial charge in [0.15, 0.2) is 5.43 Å². The van der Waals surface area contributed by atoms with Gasteiger partial charge in [-0.3, -0.25) is 9.59 Å². The predicted octanol–water partition coefficient (Wildman–Crippen LogP) is 3.30. The fourth-order valence-corrected chi connectivity index (χ4v) is 1.75. The van der Waals surface area contributed by atoms with E-state index in [0.717, 1.165) is 24.4 Å². The summed E-state index contributed by atoms with van der Waals surface area (Å²) in [6.45, 7) is 0. The molecule has 0 aliphatic carbocycles. The molecule has 0 atom stereocenters. The van der Waals surface area contributed by atoms with E-state index < -0.39 is 23.1 Å². The Kier molecular flexibility index (Phi) is 4.04. The van der Waals surface area contributed by atoms with Gasteiger partial charge in [0.05, 0.1) is 16.3 Å². The van der Waals surface area contributed by atoms with Crippen LogP contribution in [-0.4, -0.2) is 10.9 Å². The van der Waals surface area contributed by atoms with E-state index in [1.54, 1.807) is 0 Å². The SMILES string of the molecule is O=C(Nc1cc(C(F)(F)F)ccc1Cl)c1c[nH]ccc1=O. The number of pyridine rings is 1.